The highest BCUT2D eigenvalue weighted by atomic mass is 35.5. The van der Waals surface area contributed by atoms with Crippen LogP contribution >= 0.6 is 11.6 Å². The van der Waals surface area contributed by atoms with E-state index in [9.17, 15) is 0 Å². The number of halogens is 1. The van der Waals surface area contributed by atoms with Gasteiger partial charge in [-0.15, -0.1) is 0 Å². The van der Waals surface area contributed by atoms with Crippen LogP contribution in [0.1, 0.15) is 0 Å². The Morgan fingerprint density at radius 1 is 0.946 bits per heavy atom. The quantitative estimate of drug-likeness (QED) is 0.363. The third kappa shape index (κ3) is 6.10. The predicted octanol–water partition coefficient (Wildman–Crippen LogP) is 4.72. The summed E-state index contributed by atoms with van der Waals surface area (Å²) in [6, 6.07) is 18.3. The molecule has 1 N–H and O–H groups in total. The molecule has 0 atom stereocenters. The molecular weight excluding hydrogens is 484 g/mol. The Balaban J connectivity index is 1.38. The number of hydrogen-bond donors (Lipinski definition) is 1. The summed E-state index contributed by atoms with van der Waals surface area (Å²) in [6.07, 6.45) is 3.67. The molecule has 1 fully saturated rings. The summed E-state index contributed by atoms with van der Waals surface area (Å²) >= 11 is 6.17. The highest BCUT2D eigenvalue weighted by Gasteiger charge is 2.17. The average Bonchev–Trinajstić information content (AvgIpc) is 3.33. The largest absolute Gasteiger partial charge is 0.369 e. The normalized spacial score (nSPS) is 14.4. The molecule has 0 amide bonds. The van der Waals surface area contributed by atoms with Gasteiger partial charge in [0.1, 0.15) is 0 Å². The topological polar surface area (TPSA) is 65.4 Å². The fraction of sp³-hybridized carbons (Fsp3) is 0.321. The second-order valence-electron chi connectivity index (χ2n) is 9.67. The predicted molar refractivity (Wildman–Crippen MR) is 152 cm³/mol. The molecule has 192 valence electrons. The van der Waals surface area contributed by atoms with Crippen molar-refractivity contribution in [2.24, 2.45) is 0 Å². The van der Waals surface area contributed by atoms with E-state index in [2.05, 4.69) is 70.4 Å². The van der Waals surface area contributed by atoms with Gasteiger partial charge in [0, 0.05) is 66.4 Å². The van der Waals surface area contributed by atoms with E-state index in [0.717, 1.165) is 67.5 Å². The Kier molecular flexibility index (Phi) is 7.69. The Hall–Kier alpha value is -3.46. The number of likely N-dealkylation sites (N-methyl/N-ethyl adjacent to an activating group) is 2. The van der Waals surface area contributed by atoms with Gasteiger partial charge in [-0.05, 0) is 63.6 Å². The van der Waals surface area contributed by atoms with Crippen molar-refractivity contribution in [2.75, 3.05) is 64.1 Å². The zero-order chi connectivity index (χ0) is 25.8. The molecule has 2 aromatic heterocycles. The van der Waals surface area contributed by atoms with Gasteiger partial charge in [-0.1, -0.05) is 23.7 Å². The minimum atomic E-state index is 0.549. The van der Waals surface area contributed by atoms with Crippen molar-refractivity contribution in [1.82, 2.24) is 29.5 Å². The van der Waals surface area contributed by atoms with Crippen LogP contribution in [0.2, 0.25) is 5.02 Å². The second kappa shape index (κ2) is 11.3. The van der Waals surface area contributed by atoms with Gasteiger partial charge in [0.15, 0.2) is 0 Å². The molecule has 1 saturated heterocycles. The highest BCUT2D eigenvalue weighted by molar-refractivity contribution is 6.30. The summed E-state index contributed by atoms with van der Waals surface area (Å²) in [6.45, 7) is 5.91. The average molecular weight is 517 g/mol. The molecule has 3 heterocycles. The number of aromatic nitrogens is 4. The summed E-state index contributed by atoms with van der Waals surface area (Å²) < 4.78 is 2.03. The first-order valence-electron chi connectivity index (χ1n) is 12.6. The fourth-order valence-corrected chi connectivity index (χ4v) is 4.59. The van der Waals surface area contributed by atoms with E-state index in [1.807, 2.05) is 41.2 Å². The third-order valence-corrected chi connectivity index (χ3v) is 6.89. The number of nitrogens with zero attached hydrogens (tertiary/aromatic N) is 7. The zero-order valence-corrected chi connectivity index (χ0v) is 22.4. The molecule has 5 rings (SSSR count). The van der Waals surface area contributed by atoms with Gasteiger partial charge in [-0.3, -0.25) is 4.68 Å². The van der Waals surface area contributed by atoms with Crippen LogP contribution in [-0.4, -0.2) is 83.4 Å². The van der Waals surface area contributed by atoms with Gasteiger partial charge in [0.25, 0.3) is 0 Å². The van der Waals surface area contributed by atoms with Crippen molar-refractivity contribution in [3.05, 3.63) is 72.0 Å². The van der Waals surface area contributed by atoms with Gasteiger partial charge in [0.05, 0.1) is 24.1 Å². The standard InChI is InChI=1S/C28H33ClN8/c1-34(2)14-19-37-27(21-4-6-22(29)7-5-21)25(20-31-37)26-12-13-30-28(33-26)32-23-8-10-24(11-9-23)36-17-15-35(3)16-18-36/h4-13,20H,14-19H2,1-3H3,(H,30,32,33). The van der Waals surface area contributed by atoms with Gasteiger partial charge < -0.3 is 20.0 Å². The summed E-state index contributed by atoms with van der Waals surface area (Å²) in [5.41, 5.74) is 6.02. The van der Waals surface area contributed by atoms with Crippen molar-refractivity contribution in [1.29, 1.82) is 0 Å². The van der Waals surface area contributed by atoms with E-state index in [1.54, 1.807) is 6.20 Å². The number of nitrogens with one attached hydrogen (secondary N) is 1. The number of hydrogen-bond acceptors (Lipinski definition) is 7. The van der Waals surface area contributed by atoms with Crippen LogP contribution in [0.4, 0.5) is 17.3 Å². The van der Waals surface area contributed by atoms with Gasteiger partial charge in [-0.2, -0.15) is 5.10 Å². The first kappa shape index (κ1) is 25.2. The lowest BCUT2D eigenvalue weighted by atomic mass is 10.1. The number of benzene rings is 2. The van der Waals surface area contributed by atoms with Crippen molar-refractivity contribution in [3.63, 3.8) is 0 Å². The minimum Gasteiger partial charge on any atom is -0.369 e. The van der Waals surface area contributed by atoms with E-state index in [-0.39, 0.29) is 0 Å². The summed E-state index contributed by atoms with van der Waals surface area (Å²) in [5, 5.41) is 8.77. The number of anilines is 3. The molecule has 0 spiro atoms. The van der Waals surface area contributed by atoms with Gasteiger partial charge >= 0.3 is 0 Å². The third-order valence-electron chi connectivity index (χ3n) is 6.64. The maximum Gasteiger partial charge on any atom is 0.227 e. The van der Waals surface area contributed by atoms with E-state index in [1.165, 1.54) is 5.69 Å². The van der Waals surface area contributed by atoms with Crippen LogP contribution in [-0.2, 0) is 6.54 Å². The Bertz CT molecular complexity index is 1310. The Labute approximate surface area is 223 Å². The molecule has 2 aromatic carbocycles. The first-order chi connectivity index (χ1) is 18.0. The van der Waals surface area contributed by atoms with Crippen molar-refractivity contribution < 1.29 is 0 Å². The lowest BCUT2D eigenvalue weighted by molar-refractivity contribution is 0.313. The molecule has 0 radical (unpaired) electrons. The monoisotopic (exact) mass is 516 g/mol. The summed E-state index contributed by atoms with van der Waals surface area (Å²) in [5.74, 6) is 0.549. The molecule has 0 unspecified atom stereocenters. The molecule has 9 heteroatoms. The zero-order valence-electron chi connectivity index (χ0n) is 21.6. The fourth-order valence-electron chi connectivity index (χ4n) is 4.47. The highest BCUT2D eigenvalue weighted by Crippen LogP contribution is 2.32. The van der Waals surface area contributed by atoms with Crippen LogP contribution in [0, 0.1) is 0 Å². The number of rotatable bonds is 8. The SMILES string of the molecule is CN(C)CCn1ncc(-c2ccnc(Nc3ccc(N4CCN(C)CC4)cc3)n2)c1-c1ccc(Cl)cc1. The molecule has 1 aliphatic heterocycles. The molecule has 37 heavy (non-hydrogen) atoms. The molecule has 0 saturated carbocycles. The van der Waals surface area contributed by atoms with Crippen LogP contribution in [0.25, 0.3) is 22.5 Å². The maximum absolute atomic E-state index is 6.17. The van der Waals surface area contributed by atoms with Crippen LogP contribution < -0.4 is 10.2 Å². The molecular formula is C28H33ClN8. The van der Waals surface area contributed by atoms with E-state index in [4.69, 9.17) is 21.7 Å². The smallest absolute Gasteiger partial charge is 0.227 e. The molecule has 1 aliphatic rings. The van der Waals surface area contributed by atoms with E-state index in [0.29, 0.717) is 11.0 Å². The maximum atomic E-state index is 6.17. The van der Waals surface area contributed by atoms with Crippen molar-refractivity contribution in [3.8, 4) is 22.5 Å². The second-order valence-corrected chi connectivity index (χ2v) is 10.1. The van der Waals surface area contributed by atoms with Gasteiger partial charge in [0.2, 0.25) is 5.95 Å². The van der Waals surface area contributed by atoms with Gasteiger partial charge in [-0.25, -0.2) is 9.97 Å². The first-order valence-corrected chi connectivity index (χ1v) is 12.9. The van der Waals surface area contributed by atoms with E-state index < -0.39 is 0 Å². The molecule has 4 aromatic rings. The van der Waals surface area contributed by atoms with Crippen LogP contribution in [0.3, 0.4) is 0 Å². The van der Waals surface area contributed by atoms with Crippen LogP contribution in [0.15, 0.2) is 67.0 Å². The van der Waals surface area contributed by atoms with Crippen molar-refractivity contribution in [2.45, 2.75) is 6.54 Å². The Morgan fingerprint density at radius 3 is 2.38 bits per heavy atom. The van der Waals surface area contributed by atoms with E-state index >= 15 is 0 Å². The van der Waals surface area contributed by atoms with Crippen molar-refractivity contribution >= 4 is 28.9 Å². The lowest BCUT2D eigenvalue weighted by Crippen LogP contribution is -2.44. The summed E-state index contributed by atoms with van der Waals surface area (Å²) in [4.78, 5) is 16.2. The lowest BCUT2D eigenvalue weighted by Gasteiger charge is -2.34. The summed E-state index contributed by atoms with van der Waals surface area (Å²) in [7, 11) is 6.30. The van der Waals surface area contributed by atoms with Crippen LogP contribution in [0.5, 0.6) is 0 Å². The minimum absolute atomic E-state index is 0.549. The molecule has 8 nitrogen and oxygen atoms in total. The Morgan fingerprint density at radius 2 is 1.68 bits per heavy atom. The molecule has 0 bridgehead atoms. The number of piperazine rings is 1. The molecule has 0 aliphatic carbocycles.